The summed E-state index contributed by atoms with van der Waals surface area (Å²) in [5, 5.41) is 0.994. The summed E-state index contributed by atoms with van der Waals surface area (Å²) in [5.74, 6) is 0.883. The summed E-state index contributed by atoms with van der Waals surface area (Å²) < 4.78 is 5.21. The summed E-state index contributed by atoms with van der Waals surface area (Å²) in [5.41, 5.74) is 2.56. The van der Waals surface area contributed by atoms with Crippen molar-refractivity contribution < 1.29 is 9.53 Å². The lowest BCUT2D eigenvalue weighted by Gasteiger charge is -2.23. The van der Waals surface area contributed by atoms with E-state index >= 15 is 0 Å². The molecule has 0 saturated heterocycles. The van der Waals surface area contributed by atoms with Crippen molar-refractivity contribution in [3.05, 3.63) is 71.9 Å². The Balaban J connectivity index is 1.64. The van der Waals surface area contributed by atoms with Crippen LogP contribution in [0.4, 0.5) is 0 Å². The predicted molar refractivity (Wildman–Crippen MR) is 97.6 cm³/mol. The molecule has 4 heteroatoms. The van der Waals surface area contributed by atoms with E-state index in [0.717, 1.165) is 35.1 Å². The fourth-order valence-corrected chi connectivity index (χ4v) is 3.11. The van der Waals surface area contributed by atoms with Crippen LogP contribution < -0.4 is 4.74 Å². The van der Waals surface area contributed by atoms with E-state index in [-0.39, 0.29) is 5.91 Å². The van der Waals surface area contributed by atoms with Crippen molar-refractivity contribution in [2.24, 2.45) is 0 Å². The van der Waals surface area contributed by atoms with Crippen LogP contribution in [0.5, 0.6) is 5.75 Å². The third-order valence-corrected chi connectivity index (χ3v) is 4.62. The van der Waals surface area contributed by atoms with Gasteiger partial charge in [0.25, 0.3) is 5.91 Å². The highest BCUT2D eigenvalue weighted by atomic mass is 16.5. The van der Waals surface area contributed by atoms with E-state index in [1.165, 1.54) is 0 Å². The minimum atomic E-state index is 0.0580. The molecule has 126 valence electrons. The summed E-state index contributed by atoms with van der Waals surface area (Å²) in [4.78, 5) is 19.6. The second-order valence-corrected chi connectivity index (χ2v) is 6.39. The molecule has 1 aromatic heterocycles. The first-order valence-corrected chi connectivity index (χ1v) is 8.54. The van der Waals surface area contributed by atoms with Gasteiger partial charge in [-0.1, -0.05) is 30.3 Å². The van der Waals surface area contributed by atoms with Gasteiger partial charge in [-0.25, -0.2) is 0 Å². The highest BCUT2D eigenvalue weighted by Gasteiger charge is 2.33. The molecule has 1 fully saturated rings. The van der Waals surface area contributed by atoms with Crippen LogP contribution >= 0.6 is 0 Å². The summed E-state index contributed by atoms with van der Waals surface area (Å²) in [6.07, 6.45) is 3.88. The number of pyridine rings is 1. The van der Waals surface area contributed by atoms with Gasteiger partial charge in [-0.3, -0.25) is 9.78 Å². The van der Waals surface area contributed by atoms with Crippen molar-refractivity contribution >= 4 is 16.8 Å². The van der Waals surface area contributed by atoms with Gasteiger partial charge in [-0.15, -0.1) is 0 Å². The normalized spacial score (nSPS) is 13.6. The standard InChI is InChI=1S/C21H20N2O2/c1-25-18-11-7-15(8-12-18)14-23(17-9-10-17)21(24)19-6-2-4-16-5-3-13-22-20(16)19/h2-8,11-13,17H,9-10,14H2,1H3. The van der Waals surface area contributed by atoms with Crippen LogP contribution in [-0.4, -0.2) is 28.9 Å². The van der Waals surface area contributed by atoms with Crippen LogP contribution in [0, 0.1) is 0 Å². The Morgan fingerprint density at radius 1 is 1.12 bits per heavy atom. The SMILES string of the molecule is COc1ccc(CN(C(=O)c2cccc3cccnc23)C2CC2)cc1. The van der Waals surface area contributed by atoms with Crippen LogP contribution in [-0.2, 0) is 6.54 Å². The summed E-state index contributed by atoms with van der Waals surface area (Å²) in [6.45, 7) is 0.608. The number of para-hydroxylation sites is 1. The third-order valence-electron chi connectivity index (χ3n) is 4.62. The van der Waals surface area contributed by atoms with Crippen LogP contribution in [0.2, 0.25) is 0 Å². The van der Waals surface area contributed by atoms with Crippen LogP contribution in [0.1, 0.15) is 28.8 Å². The molecule has 4 rings (SSSR count). The molecule has 1 saturated carbocycles. The van der Waals surface area contributed by atoms with E-state index in [2.05, 4.69) is 4.98 Å². The fourth-order valence-electron chi connectivity index (χ4n) is 3.11. The highest BCUT2D eigenvalue weighted by Crippen LogP contribution is 2.31. The van der Waals surface area contributed by atoms with E-state index in [1.807, 2.05) is 59.5 Å². The maximum Gasteiger partial charge on any atom is 0.256 e. The van der Waals surface area contributed by atoms with Crippen molar-refractivity contribution in [3.8, 4) is 5.75 Å². The topological polar surface area (TPSA) is 42.4 Å². The average molecular weight is 332 g/mol. The largest absolute Gasteiger partial charge is 0.497 e. The van der Waals surface area contributed by atoms with Gasteiger partial charge in [0.15, 0.2) is 0 Å². The molecule has 0 atom stereocenters. The molecule has 0 bridgehead atoms. The lowest BCUT2D eigenvalue weighted by molar-refractivity contribution is 0.0731. The maximum absolute atomic E-state index is 13.2. The van der Waals surface area contributed by atoms with Crippen LogP contribution in [0.15, 0.2) is 60.8 Å². The maximum atomic E-state index is 13.2. The second-order valence-electron chi connectivity index (χ2n) is 6.39. The van der Waals surface area contributed by atoms with Gasteiger partial charge in [-0.05, 0) is 42.7 Å². The molecule has 1 amide bonds. The van der Waals surface area contributed by atoms with Crippen molar-refractivity contribution in [1.29, 1.82) is 0 Å². The molecular formula is C21H20N2O2. The van der Waals surface area contributed by atoms with Crippen LogP contribution in [0.25, 0.3) is 10.9 Å². The highest BCUT2D eigenvalue weighted by molar-refractivity contribution is 6.05. The second kappa shape index (κ2) is 6.55. The molecule has 3 aromatic rings. The number of amides is 1. The number of hydrogen-bond acceptors (Lipinski definition) is 3. The Morgan fingerprint density at radius 2 is 1.88 bits per heavy atom. The predicted octanol–water partition coefficient (Wildman–Crippen LogP) is 4.05. The molecule has 25 heavy (non-hydrogen) atoms. The lowest BCUT2D eigenvalue weighted by atomic mass is 10.1. The van der Waals surface area contributed by atoms with Gasteiger partial charge < -0.3 is 9.64 Å². The molecule has 1 aliphatic rings. The van der Waals surface area contributed by atoms with Crippen LogP contribution in [0.3, 0.4) is 0 Å². The van der Waals surface area contributed by atoms with Gasteiger partial charge in [0.1, 0.15) is 5.75 Å². The van der Waals surface area contributed by atoms with Gasteiger partial charge in [-0.2, -0.15) is 0 Å². The Labute approximate surface area is 147 Å². The number of fused-ring (bicyclic) bond motifs is 1. The minimum Gasteiger partial charge on any atom is -0.497 e. The number of benzene rings is 2. The zero-order valence-electron chi connectivity index (χ0n) is 14.2. The fraction of sp³-hybridized carbons (Fsp3) is 0.238. The number of hydrogen-bond donors (Lipinski definition) is 0. The van der Waals surface area contributed by atoms with E-state index in [1.54, 1.807) is 13.3 Å². The van der Waals surface area contributed by atoms with Gasteiger partial charge in [0, 0.05) is 24.2 Å². The number of aromatic nitrogens is 1. The molecule has 1 aliphatic carbocycles. The first kappa shape index (κ1) is 15.6. The molecular weight excluding hydrogens is 312 g/mol. The number of ether oxygens (including phenoxy) is 1. The average Bonchev–Trinajstić information content (AvgIpc) is 3.50. The van der Waals surface area contributed by atoms with Crippen molar-refractivity contribution in [2.45, 2.75) is 25.4 Å². The zero-order valence-corrected chi connectivity index (χ0v) is 14.2. The third kappa shape index (κ3) is 3.20. The molecule has 0 aliphatic heterocycles. The molecule has 2 aromatic carbocycles. The minimum absolute atomic E-state index is 0.0580. The number of carbonyl (C=O) groups excluding carboxylic acids is 1. The summed E-state index contributed by atoms with van der Waals surface area (Å²) >= 11 is 0. The Morgan fingerprint density at radius 3 is 2.60 bits per heavy atom. The lowest BCUT2D eigenvalue weighted by Crippen LogP contribution is -2.32. The Hall–Kier alpha value is -2.88. The van der Waals surface area contributed by atoms with E-state index in [9.17, 15) is 4.79 Å². The van der Waals surface area contributed by atoms with Crippen molar-refractivity contribution in [1.82, 2.24) is 9.88 Å². The molecule has 0 radical (unpaired) electrons. The van der Waals surface area contributed by atoms with Crippen molar-refractivity contribution in [3.63, 3.8) is 0 Å². The number of methoxy groups -OCH3 is 1. The molecule has 0 N–H and O–H groups in total. The van der Waals surface area contributed by atoms with Gasteiger partial charge in [0.2, 0.25) is 0 Å². The number of rotatable bonds is 5. The smallest absolute Gasteiger partial charge is 0.256 e. The molecule has 0 unspecified atom stereocenters. The monoisotopic (exact) mass is 332 g/mol. The van der Waals surface area contributed by atoms with E-state index in [0.29, 0.717) is 18.2 Å². The summed E-state index contributed by atoms with van der Waals surface area (Å²) in [7, 11) is 1.66. The number of carbonyl (C=O) groups is 1. The molecule has 4 nitrogen and oxygen atoms in total. The van der Waals surface area contributed by atoms with E-state index < -0.39 is 0 Å². The zero-order chi connectivity index (χ0) is 17.2. The van der Waals surface area contributed by atoms with E-state index in [4.69, 9.17) is 4.74 Å². The number of nitrogens with zero attached hydrogens (tertiary/aromatic N) is 2. The Bertz CT molecular complexity index is 896. The Kier molecular flexibility index (Phi) is 4.10. The quantitative estimate of drug-likeness (QED) is 0.708. The van der Waals surface area contributed by atoms with Gasteiger partial charge in [0.05, 0.1) is 18.2 Å². The summed E-state index contributed by atoms with van der Waals surface area (Å²) in [6, 6.07) is 17.9. The first-order valence-electron chi connectivity index (χ1n) is 8.54. The van der Waals surface area contributed by atoms with Crippen molar-refractivity contribution in [2.75, 3.05) is 7.11 Å². The molecule has 0 spiro atoms. The molecule has 1 heterocycles. The first-order chi connectivity index (χ1) is 12.3. The van der Waals surface area contributed by atoms with Gasteiger partial charge >= 0.3 is 0 Å².